The fraction of sp³-hybridized carbons (Fsp3) is 0.857. The molecule has 0 aliphatic carbocycles. The fourth-order valence-corrected chi connectivity index (χ4v) is 1.95. The van der Waals surface area contributed by atoms with Crippen LogP contribution in [0.1, 0.15) is 39.0 Å². The van der Waals surface area contributed by atoms with Crippen molar-refractivity contribution in [1.29, 1.82) is 0 Å². The van der Waals surface area contributed by atoms with Crippen LogP contribution in [0, 0.1) is 0 Å². The van der Waals surface area contributed by atoms with Gasteiger partial charge in [0.15, 0.2) is 6.10 Å². The summed E-state index contributed by atoms with van der Waals surface area (Å²) < 4.78 is 5.67. The maximum absolute atomic E-state index is 11.7. The lowest BCUT2D eigenvalue weighted by Crippen LogP contribution is -2.45. The zero-order chi connectivity index (χ0) is 15.8. The highest BCUT2D eigenvalue weighted by Crippen LogP contribution is 2.09. The SMILES string of the molecule is CCCC(O)CCC(=O)OC(CC(=O)[O-])C[N+](C)(C)C. The van der Waals surface area contributed by atoms with Crippen LogP contribution in [0.15, 0.2) is 0 Å². The molecule has 0 aromatic carbocycles. The van der Waals surface area contributed by atoms with Crippen LogP contribution in [0.4, 0.5) is 0 Å². The Labute approximate surface area is 120 Å². The van der Waals surface area contributed by atoms with Gasteiger partial charge in [0.25, 0.3) is 0 Å². The predicted molar refractivity (Wildman–Crippen MR) is 72.6 cm³/mol. The first kappa shape index (κ1) is 18.9. The summed E-state index contributed by atoms with van der Waals surface area (Å²) in [6.07, 6.45) is 0.427. The lowest BCUT2D eigenvalue weighted by atomic mass is 10.1. The maximum atomic E-state index is 11.7. The van der Waals surface area contributed by atoms with Gasteiger partial charge in [-0.25, -0.2) is 0 Å². The minimum Gasteiger partial charge on any atom is -0.550 e. The highest BCUT2D eigenvalue weighted by Gasteiger charge is 2.22. The molecule has 1 N–H and O–H groups in total. The number of carbonyl (C=O) groups is 2. The maximum Gasteiger partial charge on any atom is 0.306 e. The number of aliphatic hydroxyl groups excluding tert-OH is 1. The molecule has 0 aromatic rings. The quantitative estimate of drug-likeness (QED) is 0.440. The summed E-state index contributed by atoms with van der Waals surface area (Å²) in [6, 6.07) is 0. The van der Waals surface area contributed by atoms with E-state index in [1.807, 2.05) is 28.1 Å². The van der Waals surface area contributed by atoms with E-state index in [4.69, 9.17) is 4.74 Å². The molecule has 0 spiro atoms. The van der Waals surface area contributed by atoms with Crippen LogP contribution in [0.2, 0.25) is 0 Å². The summed E-state index contributed by atoms with van der Waals surface area (Å²) in [4.78, 5) is 22.4. The summed E-state index contributed by atoms with van der Waals surface area (Å²) in [5, 5.41) is 20.2. The van der Waals surface area contributed by atoms with Crippen molar-refractivity contribution in [2.24, 2.45) is 0 Å². The second-order valence-electron chi connectivity index (χ2n) is 6.14. The third-order valence-electron chi connectivity index (χ3n) is 2.75. The molecule has 2 atom stereocenters. The van der Waals surface area contributed by atoms with Crippen LogP contribution >= 0.6 is 0 Å². The molecule has 0 heterocycles. The van der Waals surface area contributed by atoms with Crippen molar-refractivity contribution in [3.63, 3.8) is 0 Å². The standard InChI is InChI=1S/C14H27NO5/c1-5-6-11(16)7-8-14(19)20-12(9-13(17)18)10-15(2,3)4/h11-12,16H,5-10H2,1-4H3. The van der Waals surface area contributed by atoms with Gasteiger partial charge in [-0.1, -0.05) is 13.3 Å². The van der Waals surface area contributed by atoms with E-state index >= 15 is 0 Å². The number of hydrogen-bond acceptors (Lipinski definition) is 5. The molecule has 2 unspecified atom stereocenters. The van der Waals surface area contributed by atoms with Crippen molar-refractivity contribution >= 4 is 11.9 Å². The van der Waals surface area contributed by atoms with Gasteiger partial charge in [0.2, 0.25) is 0 Å². The number of likely N-dealkylation sites (N-methyl/N-ethyl adjacent to an activating group) is 1. The molecule has 20 heavy (non-hydrogen) atoms. The Kier molecular flexibility index (Phi) is 8.41. The Morgan fingerprint density at radius 1 is 1.25 bits per heavy atom. The molecule has 0 fully saturated rings. The van der Waals surface area contributed by atoms with Gasteiger partial charge in [0.05, 0.1) is 27.2 Å². The van der Waals surface area contributed by atoms with E-state index in [1.54, 1.807) is 0 Å². The molecule has 0 aliphatic rings. The van der Waals surface area contributed by atoms with Gasteiger partial charge >= 0.3 is 5.97 Å². The summed E-state index contributed by atoms with van der Waals surface area (Å²) in [5.74, 6) is -1.71. The van der Waals surface area contributed by atoms with Crippen molar-refractivity contribution in [3.8, 4) is 0 Å². The third kappa shape index (κ3) is 10.8. The first-order valence-corrected chi connectivity index (χ1v) is 7.02. The van der Waals surface area contributed by atoms with E-state index in [9.17, 15) is 19.8 Å². The molecule has 118 valence electrons. The van der Waals surface area contributed by atoms with Gasteiger partial charge in [0, 0.05) is 18.8 Å². The molecule has 0 radical (unpaired) electrons. The molecule has 6 nitrogen and oxygen atoms in total. The van der Waals surface area contributed by atoms with E-state index in [1.165, 1.54) is 0 Å². The average molecular weight is 289 g/mol. The summed E-state index contributed by atoms with van der Waals surface area (Å²) >= 11 is 0. The second-order valence-corrected chi connectivity index (χ2v) is 6.14. The number of carboxylic acids is 1. The summed E-state index contributed by atoms with van der Waals surface area (Å²) in [6.45, 7) is 2.36. The average Bonchev–Trinajstić information content (AvgIpc) is 2.23. The minimum atomic E-state index is -1.23. The van der Waals surface area contributed by atoms with Crippen LogP contribution in [0.25, 0.3) is 0 Å². The lowest BCUT2D eigenvalue weighted by Gasteiger charge is -2.29. The van der Waals surface area contributed by atoms with Gasteiger partial charge in [-0.15, -0.1) is 0 Å². The van der Waals surface area contributed by atoms with Crippen LogP contribution in [0.5, 0.6) is 0 Å². The molecular formula is C14H27NO5. The highest BCUT2D eigenvalue weighted by molar-refractivity contribution is 5.70. The highest BCUT2D eigenvalue weighted by atomic mass is 16.5. The fourth-order valence-electron chi connectivity index (χ4n) is 1.95. The number of esters is 1. The lowest BCUT2D eigenvalue weighted by molar-refractivity contribution is -0.873. The second kappa shape index (κ2) is 8.92. The number of rotatable bonds is 10. The number of aliphatic hydroxyl groups is 1. The zero-order valence-electron chi connectivity index (χ0n) is 12.9. The normalized spacial score (nSPS) is 14.7. The van der Waals surface area contributed by atoms with Crippen LogP contribution < -0.4 is 5.11 Å². The molecule has 0 aromatic heterocycles. The van der Waals surface area contributed by atoms with Crippen LogP contribution in [-0.2, 0) is 14.3 Å². The first-order chi connectivity index (χ1) is 9.14. The number of carboxylic acid groups (broad SMARTS) is 1. The molecular weight excluding hydrogens is 262 g/mol. The molecule has 0 rings (SSSR count). The van der Waals surface area contributed by atoms with Crippen molar-refractivity contribution in [3.05, 3.63) is 0 Å². The first-order valence-electron chi connectivity index (χ1n) is 7.02. The predicted octanol–water partition coefficient (Wildman–Crippen LogP) is -0.314. The number of hydrogen-bond donors (Lipinski definition) is 1. The Morgan fingerprint density at radius 2 is 1.85 bits per heavy atom. The molecule has 0 aliphatic heterocycles. The third-order valence-corrected chi connectivity index (χ3v) is 2.75. The molecule has 0 amide bonds. The number of carbonyl (C=O) groups excluding carboxylic acids is 2. The van der Waals surface area contributed by atoms with E-state index in [0.29, 0.717) is 23.9 Å². The van der Waals surface area contributed by atoms with Gasteiger partial charge in [0.1, 0.15) is 6.54 Å². The monoisotopic (exact) mass is 289 g/mol. The largest absolute Gasteiger partial charge is 0.550 e. The van der Waals surface area contributed by atoms with E-state index < -0.39 is 24.1 Å². The number of ether oxygens (including phenoxy) is 1. The van der Waals surface area contributed by atoms with Crippen molar-refractivity contribution in [1.82, 2.24) is 0 Å². The van der Waals surface area contributed by atoms with Gasteiger partial charge in [-0.3, -0.25) is 4.79 Å². The zero-order valence-corrected chi connectivity index (χ0v) is 12.9. The van der Waals surface area contributed by atoms with Crippen LogP contribution in [-0.4, -0.2) is 61.4 Å². The van der Waals surface area contributed by atoms with Crippen molar-refractivity contribution in [2.75, 3.05) is 27.7 Å². The molecule has 0 bridgehead atoms. The Bertz CT molecular complexity index is 311. The summed E-state index contributed by atoms with van der Waals surface area (Å²) in [7, 11) is 5.67. The Hall–Kier alpha value is -1.14. The topological polar surface area (TPSA) is 86.7 Å². The van der Waals surface area contributed by atoms with Crippen LogP contribution in [0.3, 0.4) is 0 Å². The molecule has 6 heteroatoms. The van der Waals surface area contributed by atoms with Gasteiger partial charge in [-0.05, 0) is 12.8 Å². The smallest absolute Gasteiger partial charge is 0.306 e. The molecule has 0 saturated heterocycles. The Balaban J connectivity index is 4.28. The van der Waals surface area contributed by atoms with Crippen molar-refractivity contribution < 1.29 is 29.0 Å². The molecule has 0 saturated carbocycles. The van der Waals surface area contributed by atoms with Gasteiger partial charge < -0.3 is 24.2 Å². The van der Waals surface area contributed by atoms with E-state index in [2.05, 4.69) is 0 Å². The van der Waals surface area contributed by atoms with E-state index in [-0.39, 0.29) is 12.8 Å². The minimum absolute atomic E-state index is 0.0991. The summed E-state index contributed by atoms with van der Waals surface area (Å²) in [5.41, 5.74) is 0. The number of aliphatic carboxylic acids is 1. The number of nitrogens with zero attached hydrogens (tertiary/aromatic N) is 1. The van der Waals surface area contributed by atoms with E-state index in [0.717, 1.165) is 6.42 Å². The Morgan fingerprint density at radius 3 is 2.30 bits per heavy atom. The van der Waals surface area contributed by atoms with Crippen molar-refractivity contribution in [2.45, 2.75) is 51.2 Å². The van der Waals surface area contributed by atoms with Gasteiger partial charge in [-0.2, -0.15) is 0 Å². The number of quaternary nitrogens is 1.